The predicted molar refractivity (Wildman–Crippen MR) is 78.6 cm³/mol. The lowest BCUT2D eigenvalue weighted by molar-refractivity contribution is 0.0963. The fraction of sp³-hybridized carbons (Fsp3) is 0.133. The lowest BCUT2D eigenvalue weighted by atomic mass is 10.1. The Morgan fingerprint density at radius 3 is 2.50 bits per heavy atom. The number of rotatable bonds is 4. The zero-order valence-corrected chi connectivity index (χ0v) is 11.7. The molecular weight excluding hydrogens is 279 g/mol. The molecule has 0 aliphatic rings. The van der Waals surface area contributed by atoms with E-state index in [1.807, 2.05) is 0 Å². The molecule has 1 amide bonds. The van der Waals surface area contributed by atoms with E-state index < -0.39 is 0 Å². The molecule has 0 saturated carbocycles. The second-order valence-corrected chi connectivity index (χ2v) is 4.62. The van der Waals surface area contributed by atoms with Crippen LogP contribution >= 0.6 is 11.6 Å². The number of benzene rings is 2. The van der Waals surface area contributed by atoms with E-state index in [0.717, 1.165) is 5.69 Å². The van der Waals surface area contributed by atoms with Crippen molar-refractivity contribution in [2.45, 2.75) is 6.54 Å². The monoisotopic (exact) mass is 292 g/mol. The van der Waals surface area contributed by atoms with Crippen LogP contribution in [0.3, 0.4) is 0 Å². The minimum absolute atomic E-state index is 0.145. The number of hydrogen-bond acceptors (Lipinski definition) is 2. The maximum atomic E-state index is 13.6. The summed E-state index contributed by atoms with van der Waals surface area (Å²) in [5.41, 5.74) is 1.78. The topological polar surface area (TPSA) is 41.1 Å². The average molecular weight is 293 g/mol. The highest BCUT2D eigenvalue weighted by Gasteiger charge is 2.07. The maximum absolute atomic E-state index is 13.6. The standard InChI is InChI=1S/C15H14ClFN2O/c1-18-15(20)10-5-7-11(8-6-10)19-9-12-13(16)3-2-4-14(12)17/h2-8,19H,9H2,1H3,(H,18,20). The molecule has 0 unspecified atom stereocenters. The summed E-state index contributed by atoms with van der Waals surface area (Å²) < 4.78 is 13.6. The number of halogens is 2. The smallest absolute Gasteiger partial charge is 0.251 e. The zero-order chi connectivity index (χ0) is 14.5. The van der Waals surface area contributed by atoms with Gasteiger partial charge in [0.15, 0.2) is 0 Å². The minimum atomic E-state index is -0.341. The molecule has 0 fully saturated rings. The third kappa shape index (κ3) is 3.27. The van der Waals surface area contributed by atoms with Crippen molar-refractivity contribution in [2.75, 3.05) is 12.4 Å². The Balaban J connectivity index is 2.06. The van der Waals surface area contributed by atoms with Crippen LogP contribution < -0.4 is 10.6 Å². The summed E-state index contributed by atoms with van der Waals surface area (Å²) in [5, 5.41) is 6.01. The number of carbonyl (C=O) groups is 1. The van der Waals surface area contributed by atoms with E-state index in [-0.39, 0.29) is 18.3 Å². The molecular formula is C15H14ClFN2O. The molecule has 0 saturated heterocycles. The van der Waals surface area contributed by atoms with Gasteiger partial charge in [-0.05, 0) is 36.4 Å². The first kappa shape index (κ1) is 14.3. The fourth-order valence-electron chi connectivity index (χ4n) is 1.78. The number of hydrogen-bond donors (Lipinski definition) is 2. The van der Waals surface area contributed by atoms with Crippen LogP contribution in [-0.4, -0.2) is 13.0 Å². The number of carbonyl (C=O) groups excluding carboxylic acids is 1. The summed E-state index contributed by atoms with van der Waals surface area (Å²) >= 11 is 5.95. The molecule has 0 aliphatic carbocycles. The van der Waals surface area contributed by atoms with Gasteiger partial charge in [0, 0.05) is 35.4 Å². The van der Waals surface area contributed by atoms with Gasteiger partial charge in [-0.2, -0.15) is 0 Å². The summed E-state index contributed by atoms with van der Waals surface area (Å²) in [7, 11) is 1.58. The van der Waals surface area contributed by atoms with Crippen molar-refractivity contribution in [1.29, 1.82) is 0 Å². The van der Waals surface area contributed by atoms with Crippen LogP contribution in [0.25, 0.3) is 0 Å². The van der Waals surface area contributed by atoms with Crippen LogP contribution in [0.4, 0.5) is 10.1 Å². The molecule has 2 rings (SSSR count). The number of nitrogens with one attached hydrogen (secondary N) is 2. The second-order valence-electron chi connectivity index (χ2n) is 4.21. The molecule has 5 heteroatoms. The van der Waals surface area contributed by atoms with Gasteiger partial charge >= 0.3 is 0 Å². The molecule has 0 spiro atoms. The fourth-order valence-corrected chi connectivity index (χ4v) is 2.01. The van der Waals surface area contributed by atoms with Crippen LogP contribution in [0, 0.1) is 5.82 Å². The van der Waals surface area contributed by atoms with Crippen LogP contribution in [0.1, 0.15) is 15.9 Å². The predicted octanol–water partition coefficient (Wildman–Crippen LogP) is 3.45. The van der Waals surface area contributed by atoms with Crippen molar-refractivity contribution in [3.05, 3.63) is 64.4 Å². The SMILES string of the molecule is CNC(=O)c1ccc(NCc2c(F)cccc2Cl)cc1. The van der Waals surface area contributed by atoms with Crippen LogP contribution in [-0.2, 0) is 6.54 Å². The normalized spacial score (nSPS) is 10.2. The molecule has 0 heterocycles. The highest BCUT2D eigenvalue weighted by Crippen LogP contribution is 2.20. The van der Waals surface area contributed by atoms with Gasteiger partial charge in [-0.25, -0.2) is 4.39 Å². The van der Waals surface area contributed by atoms with Gasteiger partial charge in [0.2, 0.25) is 0 Å². The Labute approximate surface area is 121 Å². The molecule has 3 nitrogen and oxygen atoms in total. The molecule has 20 heavy (non-hydrogen) atoms. The first-order chi connectivity index (χ1) is 9.61. The van der Waals surface area contributed by atoms with E-state index in [2.05, 4.69) is 10.6 Å². The molecule has 2 aromatic rings. The van der Waals surface area contributed by atoms with E-state index in [1.165, 1.54) is 6.07 Å². The van der Waals surface area contributed by atoms with E-state index in [4.69, 9.17) is 11.6 Å². The molecule has 2 aromatic carbocycles. The van der Waals surface area contributed by atoms with E-state index >= 15 is 0 Å². The lowest BCUT2D eigenvalue weighted by Crippen LogP contribution is -2.17. The molecule has 0 radical (unpaired) electrons. The summed E-state index contributed by atoms with van der Waals surface area (Å²) in [6.07, 6.45) is 0. The summed E-state index contributed by atoms with van der Waals surface area (Å²) in [6, 6.07) is 11.5. The molecule has 0 aliphatic heterocycles. The van der Waals surface area contributed by atoms with Gasteiger partial charge in [-0.1, -0.05) is 17.7 Å². The largest absolute Gasteiger partial charge is 0.381 e. The van der Waals surface area contributed by atoms with Crippen molar-refractivity contribution in [2.24, 2.45) is 0 Å². The van der Waals surface area contributed by atoms with Crippen molar-refractivity contribution in [3.63, 3.8) is 0 Å². The Hall–Kier alpha value is -2.07. The first-order valence-corrected chi connectivity index (χ1v) is 6.48. The van der Waals surface area contributed by atoms with Crippen LogP contribution in [0.5, 0.6) is 0 Å². The van der Waals surface area contributed by atoms with Gasteiger partial charge in [0.05, 0.1) is 0 Å². The maximum Gasteiger partial charge on any atom is 0.251 e. The second kappa shape index (κ2) is 6.39. The molecule has 0 aromatic heterocycles. The zero-order valence-electron chi connectivity index (χ0n) is 10.9. The van der Waals surface area contributed by atoms with E-state index in [0.29, 0.717) is 16.1 Å². The Morgan fingerprint density at radius 2 is 1.90 bits per heavy atom. The third-order valence-corrected chi connectivity index (χ3v) is 3.26. The Morgan fingerprint density at radius 1 is 1.20 bits per heavy atom. The van der Waals surface area contributed by atoms with Crippen molar-refractivity contribution in [1.82, 2.24) is 5.32 Å². The Kier molecular flexibility index (Phi) is 4.58. The van der Waals surface area contributed by atoms with Gasteiger partial charge in [-0.15, -0.1) is 0 Å². The van der Waals surface area contributed by atoms with Gasteiger partial charge in [0.1, 0.15) is 5.82 Å². The molecule has 0 bridgehead atoms. The van der Waals surface area contributed by atoms with E-state index in [1.54, 1.807) is 43.4 Å². The minimum Gasteiger partial charge on any atom is -0.381 e. The van der Waals surface area contributed by atoms with Crippen molar-refractivity contribution >= 4 is 23.2 Å². The summed E-state index contributed by atoms with van der Waals surface area (Å²) in [6.45, 7) is 0.283. The first-order valence-electron chi connectivity index (χ1n) is 6.10. The number of amides is 1. The Bertz CT molecular complexity index is 594. The third-order valence-electron chi connectivity index (χ3n) is 2.91. The quantitative estimate of drug-likeness (QED) is 0.906. The summed E-state index contributed by atoms with van der Waals surface area (Å²) in [5.74, 6) is -0.485. The van der Waals surface area contributed by atoms with Crippen molar-refractivity contribution in [3.8, 4) is 0 Å². The number of anilines is 1. The highest BCUT2D eigenvalue weighted by atomic mass is 35.5. The molecule has 104 valence electrons. The van der Waals surface area contributed by atoms with Gasteiger partial charge < -0.3 is 10.6 Å². The van der Waals surface area contributed by atoms with E-state index in [9.17, 15) is 9.18 Å². The average Bonchev–Trinajstić information content (AvgIpc) is 2.46. The van der Waals surface area contributed by atoms with Gasteiger partial charge in [-0.3, -0.25) is 4.79 Å². The molecule has 2 N–H and O–H groups in total. The highest BCUT2D eigenvalue weighted by molar-refractivity contribution is 6.31. The summed E-state index contributed by atoms with van der Waals surface area (Å²) in [4.78, 5) is 11.4. The van der Waals surface area contributed by atoms with Crippen LogP contribution in [0.2, 0.25) is 5.02 Å². The van der Waals surface area contributed by atoms with Crippen molar-refractivity contribution < 1.29 is 9.18 Å². The lowest BCUT2D eigenvalue weighted by Gasteiger charge is -2.09. The van der Waals surface area contributed by atoms with Crippen LogP contribution in [0.15, 0.2) is 42.5 Å². The molecule has 0 atom stereocenters. The van der Waals surface area contributed by atoms with Gasteiger partial charge in [0.25, 0.3) is 5.91 Å².